The summed E-state index contributed by atoms with van der Waals surface area (Å²) < 4.78 is 7.25. The van der Waals surface area contributed by atoms with E-state index in [0.29, 0.717) is 52.2 Å². The van der Waals surface area contributed by atoms with E-state index in [1.165, 1.54) is 10.7 Å². The molecule has 0 saturated carbocycles. The number of para-hydroxylation sites is 1. The maximum Gasteiger partial charge on any atom is 0.268 e. The third-order valence-corrected chi connectivity index (χ3v) is 5.79. The monoisotopic (exact) mass is 457 g/mol. The Hall–Kier alpha value is -2.87. The SMILES string of the molecule is NCCC(CCn1nc2c(Oc3ccccc3)n[nH]c2cc1=O)c1ccc(Cl)c(Cl)c1. The number of ether oxygens (including phenoxy) is 1. The van der Waals surface area contributed by atoms with Crippen molar-refractivity contribution in [1.29, 1.82) is 0 Å². The van der Waals surface area contributed by atoms with Gasteiger partial charge in [0.05, 0.1) is 15.6 Å². The molecule has 0 amide bonds. The number of fused-ring (bicyclic) bond motifs is 1. The second kappa shape index (κ2) is 9.51. The number of nitrogens with one attached hydrogen (secondary N) is 1. The molecular formula is C22H21Cl2N5O2. The van der Waals surface area contributed by atoms with Crippen LogP contribution in [0.5, 0.6) is 11.6 Å². The Morgan fingerprint density at radius 2 is 1.87 bits per heavy atom. The van der Waals surface area contributed by atoms with Crippen molar-refractivity contribution in [1.82, 2.24) is 20.0 Å². The third kappa shape index (κ3) is 4.90. The number of halogens is 2. The van der Waals surface area contributed by atoms with E-state index in [-0.39, 0.29) is 11.5 Å². The lowest BCUT2D eigenvalue weighted by atomic mass is 9.92. The molecule has 0 radical (unpaired) electrons. The zero-order chi connectivity index (χ0) is 21.8. The third-order valence-electron chi connectivity index (χ3n) is 5.06. The maximum absolute atomic E-state index is 12.6. The number of nitrogens with two attached hydrogens (primary N) is 1. The van der Waals surface area contributed by atoms with Gasteiger partial charge in [0.15, 0.2) is 5.52 Å². The summed E-state index contributed by atoms with van der Waals surface area (Å²) in [7, 11) is 0. The van der Waals surface area contributed by atoms with Gasteiger partial charge in [0.2, 0.25) is 0 Å². The van der Waals surface area contributed by atoms with Gasteiger partial charge < -0.3 is 10.5 Å². The molecule has 2 aromatic carbocycles. The average molecular weight is 458 g/mol. The maximum atomic E-state index is 12.6. The Bertz CT molecular complexity index is 1240. The van der Waals surface area contributed by atoms with Gasteiger partial charge in [-0.3, -0.25) is 9.89 Å². The van der Waals surface area contributed by atoms with Crippen LogP contribution >= 0.6 is 23.2 Å². The molecule has 4 rings (SSSR count). The molecular weight excluding hydrogens is 437 g/mol. The van der Waals surface area contributed by atoms with E-state index in [9.17, 15) is 4.79 Å². The molecule has 3 N–H and O–H groups in total. The van der Waals surface area contributed by atoms with E-state index in [0.717, 1.165) is 12.0 Å². The molecule has 1 unspecified atom stereocenters. The van der Waals surface area contributed by atoms with E-state index >= 15 is 0 Å². The van der Waals surface area contributed by atoms with Crippen LogP contribution < -0.4 is 16.0 Å². The molecule has 0 aliphatic heterocycles. The van der Waals surface area contributed by atoms with Crippen LogP contribution in [0.1, 0.15) is 24.3 Å². The summed E-state index contributed by atoms with van der Waals surface area (Å²) in [5, 5.41) is 12.5. The second-order valence-corrected chi connectivity index (χ2v) is 7.96. The van der Waals surface area contributed by atoms with Crippen molar-refractivity contribution in [3.8, 4) is 11.6 Å². The van der Waals surface area contributed by atoms with E-state index in [1.807, 2.05) is 42.5 Å². The summed E-state index contributed by atoms with van der Waals surface area (Å²) in [5.41, 5.74) is 7.65. The van der Waals surface area contributed by atoms with Crippen molar-refractivity contribution in [3.63, 3.8) is 0 Å². The summed E-state index contributed by atoms with van der Waals surface area (Å²) in [6.45, 7) is 0.929. The first-order valence-corrected chi connectivity index (χ1v) is 10.6. The molecule has 0 saturated heterocycles. The normalized spacial score (nSPS) is 12.2. The van der Waals surface area contributed by atoms with Gasteiger partial charge in [-0.25, -0.2) is 4.68 Å². The standard InChI is InChI=1S/C22H21Cl2N5O2/c23-17-7-6-15(12-18(17)24)14(8-10-25)9-11-29-20(30)13-19-21(28-29)22(27-26-19)31-16-4-2-1-3-5-16/h1-7,12-14,26H,8-11,25H2. The van der Waals surface area contributed by atoms with E-state index in [4.69, 9.17) is 33.7 Å². The van der Waals surface area contributed by atoms with Gasteiger partial charge in [0.1, 0.15) is 5.75 Å². The Labute approximate surface area is 188 Å². The van der Waals surface area contributed by atoms with Gasteiger partial charge in [-0.05, 0) is 55.1 Å². The van der Waals surface area contributed by atoms with Gasteiger partial charge >= 0.3 is 0 Å². The highest BCUT2D eigenvalue weighted by Gasteiger charge is 2.16. The lowest BCUT2D eigenvalue weighted by Gasteiger charge is -2.17. The van der Waals surface area contributed by atoms with Crippen LogP contribution in [0, 0.1) is 0 Å². The summed E-state index contributed by atoms with van der Waals surface area (Å²) in [6, 6.07) is 16.3. The fraction of sp³-hybridized carbons (Fsp3) is 0.227. The minimum Gasteiger partial charge on any atom is -0.436 e. The van der Waals surface area contributed by atoms with Gasteiger partial charge in [-0.1, -0.05) is 47.5 Å². The molecule has 31 heavy (non-hydrogen) atoms. The molecule has 4 aromatic rings. The topological polar surface area (TPSA) is 98.8 Å². The lowest BCUT2D eigenvalue weighted by molar-refractivity contribution is 0.459. The highest BCUT2D eigenvalue weighted by atomic mass is 35.5. The Morgan fingerprint density at radius 1 is 1.06 bits per heavy atom. The predicted octanol–water partition coefficient (Wildman–Crippen LogP) is 4.74. The molecule has 7 nitrogen and oxygen atoms in total. The predicted molar refractivity (Wildman–Crippen MR) is 122 cm³/mol. The van der Waals surface area contributed by atoms with Crippen molar-refractivity contribution in [2.24, 2.45) is 5.73 Å². The molecule has 0 bridgehead atoms. The van der Waals surface area contributed by atoms with Crippen LogP contribution in [0.3, 0.4) is 0 Å². The molecule has 0 aliphatic carbocycles. The lowest BCUT2D eigenvalue weighted by Crippen LogP contribution is -2.23. The Balaban J connectivity index is 1.58. The summed E-state index contributed by atoms with van der Waals surface area (Å²) in [5.74, 6) is 1.07. The van der Waals surface area contributed by atoms with Gasteiger partial charge in [0.25, 0.3) is 11.4 Å². The zero-order valence-corrected chi connectivity index (χ0v) is 18.1. The zero-order valence-electron chi connectivity index (χ0n) is 16.6. The quantitative estimate of drug-likeness (QED) is 0.397. The van der Waals surface area contributed by atoms with Crippen molar-refractivity contribution >= 4 is 34.2 Å². The number of benzene rings is 2. The van der Waals surface area contributed by atoms with Crippen LogP contribution in [0.15, 0.2) is 59.4 Å². The molecule has 1 atom stereocenters. The average Bonchev–Trinajstić information content (AvgIpc) is 3.15. The summed E-state index contributed by atoms with van der Waals surface area (Å²) in [6.07, 6.45) is 1.42. The smallest absolute Gasteiger partial charge is 0.268 e. The fourth-order valence-electron chi connectivity index (χ4n) is 3.45. The molecule has 2 aromatic heterocycles. The van der Waals surface area contributed by atoms with Crippen molar-refractivity contribution < 1.29 is 4.74 Å². The van der Waals surface area contributed by atoms with E-state index < -0.39 is 0 Å². The molecule has 160 valence electrons. The Kier molecular flexibility index (Phi) is 6.56. The van der Waals surface area contributed by atoms with Crippen LogP contribution in [0.4, 0.5) is 0 Å². The number of nitrogens with zero attached hydrogens (tertiary/aromatic N) is 3. The number of H-pyrrole nitrogens is 1. The van der Waals surface area contributed by atoms with Crippen LogP contribution in [0.2, 0.25) is 10.0 Å². The van der Waals surface area contributed by atoms with Gasteiger partial charge in [-0.15, -0.1) is 5.10 Å². The number of aromatic nitrogens is 4. The molecule has 2 heterocycles. The highest BCUT2D eigenvalue weighted by Crippen LogP contribution is 2.30. The first-order chi connectivity index (χ1) is 15.0. The number of rotatable bonds is 8. The molecule has 0 fully saturated rings. The number of hydrogen-bond acceptors (Lipinski definition) is 5. The first kappa shape index (κ1) is 21.4. The first-order valence-electron chi connectivity index (χ1n) is 9.89. The van der Waals surface area contributed by atoms with E-state index in [2.05, 4.69) is 15.3 Å². The Morgan fingerprint density at radius 3 is 2.61 bits per heavy atom. The van der Waals surface area contributed by atoms with Crippen LogP contribution in [0.25, 0.3) is 11.0 Å². The number of hydrogen-bond donors (Lipinski definition) is 2. The summed E-state index contributed by atoms with van der Waals surface area (Å²) >= 11 is 12.2. The van der Waals surface area contributed by atoms with Gasteiger partial charge in [-0.2, -0.15) is 5.10 Å². The second-order valence-electron chi connectivity index (χ2n) is 7.15. The molecule has 9 heteroatoms. The minimum absolute atomic E-state index is 0.119. The largest absolute Gasteiger partial charge is 0.436 e. The summed E-state index contributed by atoms with van der Waals surface area (Å²) in [4.78, 5) is 12.6. The van der Waals surface area contributed by atoms with Crippen molar-refractivity contribution in [2.75, 3.05) is 6.54 Å². The van der Waals surface area contributed by atoms with Crippen LogP contribution in [-0.2, 0) is 6.54 Å². The molecule has 0 aliphatic rings. The fourth-order valence-corrected chi connectivity index (χ4v) is 3.76. The van der Waals surface area contributed by atoms with Crippen molar-refractivity contribution in [3.05, 3.63) is 80.6 Å². The number of aryl methyl sites for hydroxylation is 1. The van der Waals surface area contributed by atoms with E-state index in [1.54, 1.807) is 6.07 Å². The van der Waals surface area contributed by atoms with Gasteiger partial charge in [0, 0.05) is 12.6 Å². The highest BCUT2D eigenvalue weighted by molar-refractivity contribution is 6.42. The number of aromatic amines is 1. The minimum atomic E-state index is -0.219. The molecule has 0 spiro atoms. The van der Waals surface area contributed by atoms with Crippen LogP contribution in [-0.4, -0.2) is 26.5 Å². The van der Waals surface area contributed by atoms with Crippen molar-refractivity contribution in [2.45, 2.75) is 25.3 Å².